The molecule has 0 unspecified atom stereocenters. The number of Topliss-reactive ketones (excluding diaryl/α,β-unsaturated/α-hetero) is 1. The number of anilines is 1. The van der Waals surface area contributed by atoms with Crippen LogP contribution in [0.15, 0.2) is 48.5 Å². The van der Waals surface area contributed by atoms with Gasteiger partial charge in [-0.1, -0.05) is 24.3 Å². The van der Waals surface area contributed by atoms with Crippen molar-refractivity contribution in [3.63, 3.8) is 0 Å². The molecule has 130 valence electrons. The lowest BCUT2D eigenvalue weighted by atomic mass is 10.1. The fraction of sp³-hybridized carbons (Fsp3) is 0.167. The molecule has 6 nitrogen and oxygen atoms in total. The third kappa shape index (κ3) is 5.72. The lowest BCUT2D eigenvalue weighted by molar-refractivity contribution is -0.149. The molecule has 2 aromatic carbocycles. The van der Waals surface area contributed by atoms with Crippen LogP contribution in [0.5, 0.6) is 5.75 Å². The Kier molecular flexibility index (Phi) is 6.22. The summed E-state index contributed by atoms with van der Waals surface area (Å²) in [6.45, 7) is 0.371. The minimum absolute atomic E-state index is 0.0788. The van der Waals surface area contributed by atoms with Crippen molar-refractivity contribution in [2.24, 2.45) is 0 Å². The summed E-state index contributed by atoms with van der Waals surface area (Å²) in [5, 5.41) is 2.51. The molecule has 0 bridgehead atoms. The van der Waals surface area contributed by atoms with Crippen molar-refractivity contribution in [2.45, 2.75) is 6.92 Å². The van der Waals surface area contributed by atoms with Crippen LogP contribution in [0.4, 0.5) is 10.1 Å². The molecule has 7 heteroatoms. The fourth-order valence-corrected chi connectivity index (χ4v) is 1.90. The fourth-order valence-electron chi connectivity index (χ4n) is 1.90. The van der Waals surface area contributed by atoms with Crippen LogP contribution in [0, 0.1) is 5.82 Å². The first kappa shape index (κ1) is 18.1. The zero-order valence-electron chi connectivity index (χ0n) is 13.5. The second kappa shape index (κ2) is 8.58. The summed E-state index contributed by atoms with van der Waals surface area (Å²) in [5.41, 5.74) is 0.865. The first-order chi connectivity index (χ1) is 12.0. The molecule has 0 aliphatic rings. The number of hydrogen-bond acceptors (Lipinski definition) is 5. The normalized spacial score (nSPS) is 10.0. The lowest BCUT2D eigenvalue weighted by Crippen LogP contribution is -2.23. The van der Waals surface area contributed by atoms with Gasteiger partial charge in [-0.2, -0.15) is 0 Å². The van der Waals surface area contributed by atoms with Crippen molar-refractivity contribution in [3.8, 4) is 5.75 Å². The van der Waals surface area contributed by atoms with E-state index in [1.807, 2.05) is 0 Å². The lowest BCUT2D eigenvalue weighted by Gasteiger charge is -2.08. The predicted octanol–water partition coefficient (Wildman–Crippen LogP) is 2.59. The molecule has 25 heavy (non-hydrogen) atoms. The number of halogens is 1. The van der Waals surface area contributed by atoms with Gasteiger partial charge in [-0.3, -0.25) is 9.59 Å². The van der Waals surface area contributed by atoms with Crippen LogP contribution in [-0.4, -0.2) is 30.9 Å². The maximum Gasteiger partial charge on any atom is 0.344 e. The van der Waals surface area contributed by atoms with Gasteiger partial charge < -0.3 is 14.8 Å². The summed E-state index contributed by atoms with van der Waals surface area (Å²) < 4.78 is 23.0. The largest absolute Gasteiger partial charge is 0.479 e. The molecule has 0 atom stereocenters. The van der Waals surface area contributed by atoms with E-state index in [1.165, 1.54) is 31.2 Å². The third-order valence-electron chi connectivity index (χ3n) is 3.10. The number of ketones is 1. The van der Waals surface area contributed by atoms with E-state index in [9.17, 15) is 18.8 Å². The van der Waals surface area contributed by atoms with Gasteiger partial charge in [-0.25, -0.2) is 9.18 Å². The number of benzene rings is 2. The molecule has 0 heterocycles. The number of carbonyl (C=O) groups is 3. The van der Waals surface area contributed by atoms with Gasteiger partial charge in [-0.15, -0.1) is 0 Å². The van der Waals surface area contributed by atoms with Gasteiger partial charge >= 0.3 is 5.97 Å². The number of nitrogens with one attached hydrogen (secondary N) is 1. The number of ether oxygens (including phenoxy) is 2. The van der Waals surface area contributed by atoms with Crippen molar-refractivity contribution < 1.29 is 28.2 Å². The Morgan fingerprint density at radius 1 is 1.04 bits per heavy atom. The van der Waals surface area contributed by atoms with Crippen molar-refractivity contribution in [1.82, 2.24) is 0 Å². The van der Waals surface area contributed by atoms with E-state index in [2.05, 4.69) is 5.32 Å². The molecule has 2 aromatic rings. The smallest absolute Gasteiger partial charge is 0.344 e. The van der Waals surface area contributed by atoms with E-state index >= 15 is 0 Å². The first-order valence-electron chi connectivity index (χ1n) is 7.39. The van der Waals surface area contributed by atoms with Crippen LogP contribution in [0.3, 0.4) is 0 Å². The topological polar surface area (TPSA) is 81.7 Å². The monoisotopic (exact) mass is 345 g/mol. The highest BCUT2D eigenvalue weighted by Crippen LogP contribution is 2.15. The standard InChI is InChI=1S/C18H16FNO5/c1-12(21)13-5-4-6-14(9-13)20-17(22)10-25-18(23)11-24-16-8-3-2-7-15(16)19/h2-9H,10-11H2,1H3,(H,20,22). The zero-order valence-corrected chi connectivity index (χ0v) is 13.5. The average Bonchev–Trinajstić information content (AvgIpc) is 2.59. The van der Waals surface area contributed by atoms with Gasteiger partial charge in [0.2, 0.25) is 0 Å². The Morgan fingerprint density at radius 3 is 2.52 bits per heavy atom. The minimum Gasteiger partial charge on any atom is -0.479 e. The number of para-hydroxylation sites is 1. The van der Waals surface area contributed by atoms with Gasteiger partial charge in [-0.05, 0) is 31.2 Å². The summed E-state index contributed by atoms with van der Waals surface area (Å²) in [7, 11) is 0. The number of hydrogen-bond donors (Lipinski definition) is 1. The molecule has 0 fully saturated rings. The summed E-state index contributed by atoms with van der Waals surface area (Å²) in [4.78, 5) is 34.6. The molecular formula is C18H16FNO5. The van der Waals surface area contributed by atoms with Gasteiger partial charge in [0, 0.05) is 11.3 Å². The molecule has 0 saturated heterocycles. The van der Waals surface area contributed by atoms with Crippen molar-refractivity contribution in [3.05, 3.63) is 59.9 Å². The molecule has 0 aliphatic heterocycles. The van der Waals surface area contributed by atoms with E-state index in [0.29, 0.717) is 11.3 Å². The molecule has 1 amide bonds. The summed E-state index contributed by atoms with van der Waals surface area (Å²) in [6.07, 6.45) is 0. The van der Waals surface area contributed by atoms with Gasteiger partial charge in [0.25, 0.3) is 5.91 Å². The number of carbonyl (C=O) groups excluding carboxylic acids is 3. The van der Waals surface area contributed by atoms with Crippen molar-refractivity contribution in [2.75, 3.05) is 18.5 Å². The van der Waals surface area contributed by atoms with Crippen LogP contribution in [-0.2, 0) is 14.3 Å². The highest BCUT2D eigenvalue weighted by Gasteiger charge is 2.11. The molecular weight excluding hydrogens is 329 g/mol. The number of esters is 1. The summed E-state index contributed by atoms with van der Waals surface area (Å²) in [6, 6.07) is 12.0. The maximum atomic E-state index is 13.3. The van der Waals surface area contributed by atoms with Crippen molar-refractivity contribution >= 4 is 23.3 Å². The highest BCUT2D eigenvalue weighted by molar-refractivity contribution is 5.97. The molecule has 0 aliphatic carbocycles. The van der Waals surface area contributed by atoms with E-state index < -0.39 is 30.9 Å². The Hall–Kier alpha value is -3.22. The zero-order chi connectivity index (χ0) is 18.2. The Bertz CT molecular complexity index is 791. The number of rotatable bonds is 7. The molecule has 1 N–H and O–H groups in total. The predicted molar refractivity (Wildman–Crippen MR) is 87.9 cm³/mol. The van der Waals surface area contributed by atoms with E-state index in [1.54, 1.807) is 24.3 Å². The van der Waals surface area contributed by atoms with Crippen LogP contribution < -0.4 is 10.1 Å². The van der Waals surface area contributed by atoms with E-state index in [0.717, 1.165) is 0 Å². The SMILES string of the molecule is CC(=O)c1cccc(NC(=O)COC(=O)COc2ccccc2F)c1. The average molecular weight is 345 g/mol. The Labute approximate surface area is 143 Å². The second-order valence-corrected chi connectivity index (χ2v) is 5.06. The van der Waals surface area contributed by atoms with Gasteiger partial charge in [0.1, 0.15) is 0 Å². The number of amides is 1. The quantitative estimate of drug-likeness (QED) is 0.616. The van der Waals surface area contributed by atoms with Gasteiger partial charge in [0.15, 0.2) is 30.6 Å². The van der Waals surface area contributed by atoms with Crippen LogP contribution in [0.2, 0.25) is 0 Å². The van der Waals surface area contributed by atoms with Crippen LogP contribution >= 0.6 is 0 Å². The molecule has 2 rings (SSSR count). The Morgan fingerprint density at radius 2 is 1.80 bits per heavy atom. The van der Waals surface area contributed by atoms with E-state index in [-0.39, 0.29) is 11.5 Å². The van der Waals surface area contributed by atoms with Crippen LogP contribution in [0.1, 0.15) is 17.3 Å². The summed E-state index contributed by atoms with van der Waals surface area (Å²) >= 11 is 0. The molecule has 0 aromatic heterocycles. The Balaban J connectivity index is 1.78. The second-order valence-electron chi connectivity index (χ2n) is 5.06. The van der Waals surface area contributed by atoms with Crippen LogP contribution in [0.25, 0.3) is 0 Å². The minimum atomic E-state index is -0.809. The molecule has 0 spiro atoms. The summed E-state index contributed by atoms with van der Waals surface area (Å²) in [5.74, 6) is -2.19. The van der Waals surface area contributed by atoms with Gasteiger partial charge in [0.05, 0.1) is 0 Å². The first-order valence-corrected chi connectivity index (χ1v) is 7.39. The van der Waals surface area contributed by atoms with Crippen molar-refractivity contribution in [1.29, 1.82) is 0 Å². The third-order valence-corrected chi connectivity index (χ3v) is 3.10. The maximum absolute atomic E-state index is 13.3. The highest BCUT2D eigenvalue weighted by atomic mass is 19.1. The molecule has 0 saturated carbocycles. The molecule has 0 radical (unpaired) electrons. The van der Waals surface area contributed by atoms with E-state index in [4.69, 9.17) is 9.47 Å².